The van der Waals surface area contributed by atoms with Gasteiger partial charge in [-0.05, 0) is 32.6 Å². The third-order valence-corrected chi connectivity index (χ3v) is 5.20. The van der Waals surface area contributed by atoms with Gasteiger partial charge in [0.2, 0.25) is 0 Å². The number of rotatable bonds is 2. The average Bonchev–Trinajstić information content (AvgIpc) is 2.38. The molecule has 18 heavy (non-hydrogen) atoms. The zero-order chi connectivity index (χ0) is 13.4. The minimum absolute atomic E-state index is 0.0577. The van der Waals surface area contributed by atoms with Crippen LogP contribution in [0.1, 0.15) is 46.5 Å². The molecule has 0 radical (unpaired) electrons. The van der Waals surface area contributed by atoms with E-state index in [0.717, 1.165) is 25.5 Å². The lowest BCUT2D eigenvalue weighted by molar-refractivity contribution is -0.171. The Hall–Kier alpha value is -0.770. The number of ether oxygens (including phenoxy) is 1. The molecule has 2 N–H and O–H groups in total. The Morgan fingerprint density at radius 2 is 1.83 bits per heavy atom. The van der Waals surface area contributed by atoms with Gasteiger partial charge in [-0.1, -0.05) is 13.8 Å². The number of likely N-dealkylation sites (tertiary alicyclic amines) is 1. The molecule has 1 heterocycles. The molecule has 2 aliphatic rings. The number of hydrogen-bond acceptors (Lipinski definition) is 2. The Morgan fingerprint density at radius 1 is 1.22 bits per heavy atom. The second-order valence-electron chi connectivity index (χ2n) is 6.41. The molecule has 0 bridgehead atoms. The van der Waals surface area contributed by atoms with Crippen LogP contribution in [-0.2, 0) is 4.74 Å². The van der Waals surface area contributed by atoms with Gasteiger partial charge in [-0.2, -0.15) is 0 Å². The monoisotopic (exact) mass is 253 g/mol. The molecule has 4 nitrogen and oxygen atoms in total. The van der Waals surface area contributed by atoms with E-state index >= 15 is 0 Å². The van der Waals surface area contributed by atoms with Gasteiger partial charge in [0.25, 0.3) is 0 Å². The topological polar surface area (TPSA) is 50.9 Å². The first-order valence-electron chi connectivity index (χ1n) is 7.04. The first-order chi connectivity index (χ1) is 8.40. The number of hydrogen-bond donors (Lipinski definition) is 1. The lowest BCUT2D eigenvalue weighted by atomic mass is 9.56. The van der Waals surface area contributed by atoms with Crippen molar-refractivity contribution >= 4 is 5.96 Å². The minimum Gasteiger partial charge on any atom is -0.378 e. The van der Waals surface area contributed by atoms with Gasteiger partial charge in [-0.25, -0.2) is 4.99 Å². The second kappa shape index (κ2) is 4.72. The zero-order valence-corrected chi connectivity index (χ0v) is 12.2. The first-order valence-corrected chi connectivity index (χ1v) is 7.04. The highest BCUT2D eigenvalue weighted by molar-refractivity contribution is 5.78. The van der Waals surface area contributed by atoms with Crippen LogP contribution < -0.4 is 5.73 Å². The van der Waals surface area contributed by atoms with Crippen LogP contribution in [0.15, 0.2) is 4.99 Å². The highest BCUT2D eigenvalue weighted by Crippen LogP contribution is 2.53. The Balaban J connectivity index is 2.01. The Kier molecular flexibility index (Phi) is 3.58. The molecule has 1 saturated heterocycles. The summed E-state index contributed by atoms with van der Waals surface area (Å²) >= 11 is 0. The summed E-state index contributed by atoms with van der Waals surface area (Å²) in [6.07, 6.45) is 4.76. The van der Waals surface area contributed by atoms with E-state index in [1.807, 2.05) is 0 Å². The smallest absolute Gasteiger partial charge is 0.191 e. The summed E-state index contributed by atoms with van der Waals surface area (Å²) in [7, 11) is 1.79. The molecule has 0 aromatic carbocycles. The summed E-state index contributed by atoms with van der Waals surface area (Å²) in [5.41, 5.74) is 6.14. The zero-order valence-electron chi connectivity index (χ0n) is 12.2. The van der Waals surface area contributed by atoms with Crippen molar-refractivity contribution in [1.29, 1.82) is 0 Å². The Bertz CT molecular complexity index is 334. The fourth-order valence-corrected chi connectivity index (χ4v) is 3.03. The van der Waals surface area contributed by atoms with E-state index in [4.69, 9.17) is 15.5 Å². The molecule has 2 atom stereocenters. The number of piperidine rings is 1. The number of aliphatic imine (C=N–C) groups is 1. The molecule has 104 valence electrons. The molecule has 1 aliphatic heterocycles. The average molecular weight is 253 g/mol. The van der Waals surface area contributed by atoms with E-state index in [0.29, 0.717) is 0 Å². The highest BCUT2D eigenvalue weighted by atomic mass is 16.5. The molecule has 1 aliphatic carbocycles. The molecule has 2 unspecified atom stereocenters. The van der Waals surface area contributed by atoms with E-state index in [2.05, 4.69) is 25.7 Å². The summed E-state index contributed by atoms with van der Waals surface area (Å²) in [4.78, 5) is 6.97. The van der Waals surface area contributed by atoms with Crippen LogP contribution >= 0.6 is 0 Å². The number of nitrogens with two attached hydrogens (primary N) is 1. The van der Waals surface area contributed by atoms with Crippen molar-refractivity contribution in [1.82, 2.24) is 4.90 Å². The minimum atomic E-state index is -0.0661. The third kappa shape index (κ3) is 2.11. The van der Waals surface area contributed by atoms with Crippen LogP contribution in [0.5, 0.6) is 0 Å². The van der Waals surface area contributed by atoms with Gasteiger partial charge in [0, 0.05) is 25.6 Å². The summed E-state index contributed by atoms with van der Waals surface area (Å²) < 4.78 is 5.62. The van der Waals surface area contributed by atoms with Gasteiger partial charge in [0.05, 0.1) is 11.6 Å². The molecule has 0 aromatic rings. The molecule has 0 spiro atoms. The third-order valence-electron chi connectivity index (χ3n) is 5.20. The molecule has 1 saturated carbocycles. The van der Waals surface area contributed by atoms with Crippen LogP contribution in [0, 0.1) is 5.41 Å². The number of nitrogens with zero attached hydrogens (tertiary/aromatic N) is 2. The van der Waals surface area contributed by atoms with Gasteiger partial charge in [-0.15, -0.1) is 0 Å². The maximum absolute atomic E-state index is 6.15. The van der Waals surface area contributed by atoms with E-state index in [-0.39, 0.29) is 17.1 Å². The molecule has 0 aromatic heterocycles. The summed E-state index contributed by atoms with van der Waals surface area (Å²) in [5, 5.41) is 0. The maximum atomic E-state index is 6.15. The van der Waals surface area contributed by atoms with E-state index in [1.54, 1.807) is 7.11 Å². The quantitative estimate of drug-likeness (QED) is 0.605. The van der Waals surface area contributed by atoms with Gasteiger partial charge in [-0.3, -0.25) is 0 Å². The van der Waals surface area contributed by atoms with Gasteiger partial charge < -0.3 is 15.4 Å². The van der Waals surface area contributed by atoms with Crippen molar-refractivity contribution in [2.24, 2.45) is 16.1 Å². The van der Waals surface area contributed by atoms with Crippen LogP contribution in [0.4, 0.5) is 0 Å². The molecular formula is C14H27N3O. The SMILES string of the molecule is COC1(C)CC(N=C(N)N2CCCCC2)C1(C)C. The van der Waals surface area contributed by atoms with Gasteiger partial charge >= 0.3 is 0 Å². The number of guanidine groups is 1. The first kappa shape index (κ1) is 13.7. The standard InChI is InChI=1S/C14H27N3O/c1-13(2)11(10-14(13,3)18-4)16-12(15)17-8-6-5-7-9-17/h11H,5-10H2,1-4H3,(H2,15,16). The Labute approximate surface area is 111 Å². The van der Waals surface area contributed by atoms with Crippen LogP contribution in [0.25, 0.3) is 0 Å². The summed E-state index contributed by atoms with van der Waals surface area (Å²) in [6, 6.07) is 0.282. The molecule has 2 rings (SSSR count). The van der Waals surface area contributed by atoms with Crippen molar-refractivity contribution in [2.75, 3.05) is 20.2 Å². The van der Waals surface area contributed by atoms with Crippen LogP contribution in [-0.4, -0.2) is 42.7 Å². The highest BCUT2D eigenvalue weighted by Gasteiger charge is 2.58. The fraction of sp³-hybridized carbons (Fsp3) is 0.929. The van der Waals surface area contributed by atoms with E-state index in [9.17, 15) is 0 Å². The number of methoxy groups -OCH3 is 1. The largest absolute Gasteiger partial charge is 0.378 e. The van der Waals surface area contributed by atoms with Gasteiger partial charge in [0.1, 0.15) is 0 Å². The molecular weight excluding hydrogens is 226 g/mol. The molecule has 2 fully saturated rings. The van der Waals surface area contributed by atoms with Crippen molar-refractivity contribution in [3.63, 3.8) is 0 Å². The predicted molar refractivity (Wildman–Crippen MR) is 74.6 cm³/mol. The van der Waals surface area contributed by atoms with Crippen LogP contribution in [0.2, 0.25) is 0 Å². The summed E-state index contributed by atoms with van der Waals surface area (Å²) in [5.74, 6) is 0.728. The lowest BCUT2D eigenvalue weighted by Gasteiger charge is -2.57. The predicted octanol–water partition coefficient (Wildman–Crippen LogP) is 1.99. The maximum Gasteiger partial charge on any atom is 0.191 e. The van der Waals surface area contributed by atoms with Gasteiger partial charge in [0.15, 0.2) is 5.96 Å². The van der Waals surface area contributed by atoms with E-state index < -0.39 is 0 Å². The second-order valence-corrected chi connectivity index (χ2v) is 6.41. The normalized spacial score (nSPS) is 36.3. The molecule has 4 heteroatoms. The van der Waals surface area contributed by atoms with Crippen molar-refractivity contribution < 1.29 is 4.74 Å². The lowest BCUT2D eigenvalue weighted by Crippen LogP contribution is -2.63. The Morgan fingerprint density at radius 3 is 2.33 bits per heavy atom. The molecule has 0 amide bonds. The van der Waals surface area contributed by atoms with Crippen molar-refractivity contribution in [2.45, 2.75) is 58.1 Å². The summed E-state index contributed by atoms with van der Waals surface area (Å²) in [6.45, 7) is 8.72. The van der Waals surface area contributed by atoms with Crippen LogP contribution in [0.3, 0.4) is 0 Å². The fourth-order valence-electron chi connectivity index (χ4n) is 3.03. The van der Waals surface area contributed by atoms with Crippen molar-refractivity contribution in [3.8, 4) is 0 Å². The van der Waals surface area contributed by atoms with Crippen molar-refractivity contribution in [3.05, 3.63) is 0 Å². The van der Waals surface area contributed by atoms with E-state index in [1.165, 1.54) is 19.3 Å².